The number of thiophene rings is 1. The van der Waals surface area contributed by atoms with Crippen LogP contribution in [-0.2, 0) is 21.2 Å². The zero-order chi connectivity index (χ0) is 27.7. The summed E-state index contributed by atoms with van der Waals surface area (Å²) in [5.74, 6) is -1.65. The van der Waals surface area contributed by atoms with Gasteiger partial charge in [-0.1, -0.05) is 23.7 Å². The number of carbonyl (C=O) groups excluding carboxylic acids is 2. The second-order valence-electron chi connectivity index (χ2n) is 9.20. The van der Waals surface area contributed by atoms with Crippen molar-refractivity contribution in [2.24, 2.45) is 0 Å². The number of sulfonamides is 1. The molecule has 1 fully saturated rings. The van der Waals surface area contributed by atoms with E-state index >= 15 is 4.39 Å². The first-order valence-corrected chi connectivity index (χ1v) is 14.8. The Balaban J connectivity index is 1.25. The Morgan fingerprint density at radius 2 is 2.05 bits per heavy atom. The number of nitrogens with zero attached hydrogens (tertiary/aromatic N) is 3. The van der Waals surface area contributed by atoms with Crippen molar-refractivity contribution < 1.29 is 22.4 Å². The number of benzene rings is 2. The molecule has 12 heteroatoms. The number of nitrogens with one attached hydrogen (secondary N) is 1. The molecule has 5 rings (SSSR count). The first-order valence-electron chi connectivity index (χ1n) is 12.1. The predicted molar refractivity (Wildman–Crippen MR) is 149 cm³/mol. The zero-order valence-corrected chi connectivity index (χ0v) is 23.2. The second kappa shape index (κ2) is 11.0. The number of amides is 2. The fraction of sp³-hybridized carbons (Fsp3) is 0.222. The van der Waals surface area contributed by atoms with Gasteiger partial charge < -0.3 is 9.80 Å². The van der Waals surface area contributed by atoms with Gasteiger partial charge in [0.1, 0.15) is 16.1 Å². The van der Waals surface area contributed by atoms with Crippen LogP contribution in [0.3, 0.4) is 0 Å². The minimum atomic E-state index is -3.99. The largest absolute Gasteiger partial charge is 0.341 e. The first-order chi connectivity index (χ1) is 18.6. The van der Waals surface area contributed by atoms with E-state index in [0.717, 1.165) is 28.4 Å². The Kier molecular flexibility index (Phi) is 7.68. The summed E-state index contributed by atoms with van der Waals surface area (Å²) < 4.78 is 44.3. The lowest BCUT2D eigenvalue weighted by Gasteiger charge is -2.20. The van der Waals surface area contributed by atoms with Gasteiger partial charge >= 0.3 is 0 Å². The fourth-order valence-corrected chi connectivity index (χ4v) is 7.32. The summed E-state index contributed by atoms with van der Waals surface area (Å²) in [6, 6.07) is 13.3. The molecule has 1 N–H and O–H groups in total. The van der Waals surface area contributed by atoms with Crippen LogP contribution in [-0.4, -0.2) is 56.3 Å². The number of rotatable bonds is 8. The topological polar surface area (TPSA) is 99.7 Å². The Morgan fingerprint density at radius 1 is 1.23 bits per heavy atom. The number of hydrogen-bond acceptors (Lipinski definition) is 6. The van der Waals surface area contributed by atoms with Gasteiger partial charge in [0, 0.05) is 47.8 Å². The van der Waals surface area contributed by atoms with Crippen molar-refractivity contribution in [3.05, 3.63) is 89.0 Å². The third-order valence-electron chi connectivity index (χ3n) is 6.52. The summed E-state index contributed by atoms with van der Waals surface area (Å²) in [4.78, 5) is 32.6. The quantitative estimate of drug-likeness (QED) is 0.328. The highest BCUT2D eigenvalue weighted by molar-refractivity contribution is 7.91. The standard InChI is InChI=1S/C27H24ClFN4O4S2/c1-32(11-8-17-3-2-10-30-16-17)26(34)19-5-7-23(21(29)13-19)33-12-9-22(27(33)35)31-39(36,37)25-14-18-4-6-20(28)15-24(18)38-25/h2-7,10,13-16,22,31H,8-9,11-12H2,1H3. The Morgan fingerprint density at radius 3 is 2.79 bits per heavy atom. The summed E-state index contributed by atoms with van der Waals surface area (Å²) >= 11 is 7.06. The number of fused-ring (bicyclic) bond motifs is 1. The van der Waals surface area contributed by atoms with Gasteiger partial charge in [-0.3, -0.25) is 14.6 Å². The molecule has 202 valence electrons. The van der Waals surface area contributed by atoms with E-state index < -0.39 is 27.8 Å². The molecule has 3 heterocycles. The number of carbonyl (C=O) groups is 2. The van der Waals surface area contributed by atoms with Crippen LogP contribution in [0.1, 0.15) is 22.3 Å². The van der Waals surface area contributed by atoms with E-state index in [0.29, 0.717) is 22.7 Å². The van der Waals surface area contributed by atoms with Gasteiger partial charge in [-0.25, -0.2) is 12.8 Å². The lowest BCUT2D eigenvalue weighted by atomic mass is 10.1. The molecular weight excluding hydrogens is 563 g/mol. The molecule has 0 spiro atoms. The summed E-state index contributed by atoms with van der Waals surface area (Å²) in [5.41, 5.74) is 1.12. The maximum Gasteiger partial charge on any atom is 0.253 e. The minimum absolute atomic E-state index is 0.00670. The molecule has 2 amide bonds. The average molecular weight is 587 g/mol. The number of anilines is 1. The molecule has 1 saturated heterocycles. The summed E-state index contributed by atoms with van der Waals surface area (Å²) in [6.07, 6.45) is 4.18. The van der Waals surface area contributed by atoms with Crippen LogP contribution in [0.4, 0.5) is 10.1 Å². The van der Waals surface area contributed by atoms with Crippen LogP contribution in [0, 0.1) is 5.82 Å². The SMILES string of the molecule is CN(CCc1cccnc1)C(=O)c1ccc(N2CCC(NS(=O)(=O)c3cc4ccc(Cl)cc4s3)C2=O)c(F)c1. The second-order valence-corrected chi connectivity index (χ2v) is 12.7. The number of aromatic nitrogens is 1. The van der Waals surface area contributed by atoms with Gasteiger partial charge in [0.15, 0.2) is 0 Å². The Hall–Kier alpha value is -3.38. The smallest absolute Gasteiger partial charge is 0.253 e. The van der Waals surface area contributed by atoms with Crippen molar-refractivity contribution in [1.82, 2.24) is 14.6 Å². The first kappa shape index (κ1) is 27.2. The molecule has 1 atom stereocenters. The van der Waals surface area contributed by atoms with Crippen LogP contribution in [0.25, 0.3) is 10.1 Å². The van der Waals surface area contributed by atoms with E-state index in [4.69, 9.17) is 11.6 Å². The summed E-state index contributed by atoms with van der Waals surface area (Å²) in [6.45, 7) is 0.552. The van der Waals surface area contributed by atoms with E-state index in [-0.39, 0.29) is 34.3 Å². The molecule has 39 heavy (non-hydrogen) atoms. The molecule has 1 unspecified atom stereocenters. The van der Waals surface area contributed by atoms with Gasteiger partial charge in [0.2, 0.25) is 5.91 Å². The molecule has 2 aromatic heterocycles. The molecule has 0 bridgehead atoms. The molecule has 0 aliphatic carbocycles. The van der Waals surface area contributed by atoms with Gasteiger partial charge in [0.25, 0.3) is 15.9 Å². The van der Waals surface area contributed by atoms with E-state index in [1.54, 1.807) is 37.6 Å². The minimum Gasteiger partial charge on any atom is -0.341 e. The average Bonchev–Trinajstić information content (AvgIpc) is 3.51. The van der Waals surface area contributed by atoms with Crippen molar-refractivity contribution in [2.45, 2.75) is 23.1 Å². The van der Waals surface area contributed by atoms with Crippen molar-refractivity contribution in [2.75, 3.05) is 25.0 Å². The van der Waals surface area contributed by atoms with Gasteiger partial charge in [-0.15, -0.1) is 11.3 Å². The monoisotopic (exact) mass is 586 g/mol. The van der Waals surface area contributed by atoms with Gasteiger partial charge in [0.05, 0.1) is 5.69 Å². The van der Waals surface area contributed by atoms with Crippen LogP contribution >= 0.6 is 22.9 Å². The molecule has 4 aromatic rings. The Bertz CT molecular complexity index is 1660. The predicted octanol–water partition coefficient (Wildman–Crippen LogP) is 4.49. The zero-order valence-electron chi connectivity index (χ0n) is 20.8. The maximum absolute atomic E-state index is 15.1. The normalized spacial score (nSPS) is 15.7. The highest BCUT2D eigenvalue weighted by Gasteiger charge is 2.37. The highest BCUT2D eigenvalue weighted by atomic mass is 35.5. The maximum atomic E-state index is 15.1. The van der Waals surface area contributed by atoms with E-state index in [1.807, 2.05) is 12.1 Å². The third kappa shape index (κ3) is 5.81. The molecule has 1 aliphatic rings. The highest BCUT2D eigenvalue weighted by Crippen LogP contribution is 2.32. The van der Waals surface area contributed by atoms with E-state index in [2.05, 4.69) is 9.71 Å². The Labute approximate surface area is 234 Å². The lowest BCUT2D eigenvalue weighted by Crippen LogP contribution is -2.41. The lowest BCUT2D eigenvalue weighted by molar-refractivity contribution is -0.118. The third-order valence-corrected chi connectivity index (χ3v) is 9.80. The number of halogens is 2. The summed E-state index contributed by atoms with van der Waals surface area (Å²) in [7, 11) is -2.35. The molecule has 0 radical (unpaired) electrons. The van der Waals surface area contributed by atoms with Crippen molar-refractivity contribution in [3.63, 3.8) is 0 Å². The molecule has 1 aliphatic heterocycles. The van der Waals surface area contributed by atoms with Crippen LogP contribution in [0.5, 0.6) is 0 Å². The van der Waals surface area contributed by atoms with Gasteiger partial charge in [-0.2, -0.15) is 4.72 Å². The van der Waals surface area contributed by atoms with Crippen molar-refractivity contribution in [1.29, 1.82) is 0 Å². The molecular formula is C27H24ClFN4O4S2. The van der Waals surface area contributed by atoms with Crippen molar-refractivity contribution >= 4 is 60.5 Å². The number of pyridine rings is 1. The summed E-state index contributed by atoms with van der Waals surface area (Å²) in [5, 5.41) is 1.22. The molecule has 2 aromatic carbocycles. The number of hydrogen-bond donors (Lipinski definition) is 1. The van der Waals surface area contributed by atoms with Crippen LogP contribution < -0.4 is 9.62 Å². The molecule has 0 saturated carbocycles. The van der Waals surface area contributed by atoms with Gasteiger partial charge in [-0.05, 0) is 66.3 Å². The van der Waals surface area contributed by atoms with E-state index in [1.165, 1.54) is 28.0 Å². The number of likely N-dealkylation sites (N-methyl/N-ethyl adjacent to an activating group) is 1. The van der Waals surface area contributed by atoms with Crippen LogP contribution in [0.15, 0.2) is 71.2 Å². The van der Waals surface area contributed by atoms with Crippen molar-refractivity contribution in [3.8, 4) is 0 Å². The van der Waals surface area contributed by atoms with E-state index in [9.17, 15) is 18.0 Å². The van der Waals surface area contributed by atoms with Crippen LogP contribution in [0.2, 0.25) is 5.02 Å². The molecule has 8 nitrogen and oxygen atoms in total. The fourth-order valence-electron chi connectivity index (χ4n) is 4.41.